The molecule has 0 saturated carbocycles. The normalized spacial score (nSPS) is 12.6. The first-order chi connectivity index (χ1) is 9.58. The van der Waals surface area contributed by atoms with Gasteiger partial charge in [-0.3, -0.25) is 0 Å². The Bertz CT molecular complexity index is 571. The van der Waals surface area contributed by atoms with Gasteiger partial charge in [0.1, 0.15) is 5.82 Å². The van der Waals surface area contributed by atoms with Gasteiger partial charge in [-0.05, 0) is 37.6 Å². The van der Waals surface area contributed by atoms with E-state index in [9.17, 15) is 4.39 Å². The molecule has 2 rings (SSSR count). The maximum absolute atomic E-state index is 13.1. The molecule has 0 radical (unpaired) electrons. The van der Waals surface area contributed by atoms with E-state index in [2.05, 4.69) is 22.6 Å². The van der Waals surface area contributed by atoms with E-state index in [0.717, 1.165) is 35.7 Å². The fraction of sp³-hybridized carbons (Fsp3) is 0.400. The van der Waals surface area contributed by atoms with E-state index in [0.29, 0.717) is 5.02 Å². The molecule has 0 fully saturated rings. The van der Waals surface area contributed by atoms with Crippen LogP contribution < -0.4 is 5.32 Å². The number of nitrogens with zero attached hydrogens (tertiary/aromatic N) is 1. The predicted molar refractivity (Wildman–Crippen MR) is 83.1 cm³/mol. The van der Waals surface area contributed by atoms with E-state index in [1.165, 1.54) is 12.1 Å². The van der Waals surface area contributed by atoms with E-state index in [1.54, 1.807) is 17.4 Å². The van der Waals surface area contributed by atoms with Gasteiger partial charge in [0.2, 0.25) is 0 Å². The number of aryl methyl sites for hydroxylation is 1. The van der Waals surface area contributed by atoms with E-state index in [-0.39, 0.29) is 11.9 Å². The summed E-state index contributed by atoms with van der Waals surface area (Å²) in [5, 5.41) is 7.10. The lowest BCUT2D eigenvalue weighted by atomic mass is 10.0. The molecule has 0 aliphatic carbocycles. The molecule has 0 spiro atoms. The molecular formula is C15H18ClFN2S. The number of hydrogen-bond donors (Lipinski definition) is 1. The fourth-order valence-corrected chi connectivity index (χ4v) is 3.08. The van der Waals surface area contributed by atoms with Crippen LogP contribution in [0, 0.1) is 12.7 Å². The second kappa shape index (κ2) is 7.16. The third-order valence-corrected chi connectivity index (χ3v) is 4.27. The fourth-order valence-electron chi connectivity index (χ4n) is 2.21. The Morgan fingerprint density at radius 3 is 2.80 bits per heavy atom. The average molecular weight is 313 g/mol. The van der Waals surface area contributed by atoms with Crippen molar-refractivity contribution in [1.29, 1.82) is 0 Å². The molecule has 1 aromatic heterocycles. The molecule has 0 amide bonds. The van der Waals surface area contributed by atoms with Crippen LogP contribution in [0.15, 0.2) is 23.6 Å². The molecule has 0 aliphatic heterocycles. The van der Waals surface area contributed by atoms with E-state index in [1.807, 2.05) is 6.92 Å². The van der Waals surface area contributed by atoms with E-state index < -0.39 is 0 Å². The molecule has 20 heavy (non-hydrogen) atoms. The first-order valence-corrected chi connectivity index (χ1v) is 7.92. The molecule has 1 aromatic carbocycles. The summed E-state index contributed by atoms with van der Waals surface area (Å²) in [7, 11) is 0. The van der Waals surface area contributed by atoms with Gasteiger partial charge < -0.3 is 5.32 Å². The lowest BCUT2D eigenvalue weighted by Gasteiger charge is -2.17. The minimum Gasteiger partial charge on any atom is -0.314 e. The van der Waals surface area contributed by atoms with Crippen LogP contribution in [0.2, 0.25) is 5.02 Å². The highest BCUT2D eigenvalue weighted by Crippen LogP contribution is 2.20. The summed E-state index contributed by atoms with van der Waals surface area (Å²) >= 11 is 7.76. The molecule has 0 aliphatic rings. The number of benzene rings is 1. The summed E-state index contributed by atoms with van der Waals surface area (Å²) in [5.41, 5.74) is 2.06. The highest BCUT2D eigenvalue weighted by molar-refractivity contribution is 7.09. The van der Waals surface area contributed by atoms with Crippen molar-refractivity contribution in [2.75, 3.05) is 6.54 Å². The average Bonchev–Trinajstić information content (AvgIpc) is 2.78. The summed E-state index contributed by atoms with van der Waals surface area (Å²) in [4.78, 5) is 4.50. The Morgan fingerprint density at radius 2 is 2.20 bits per heavy atom. The highest BCUT2D eigenvalue weighted by atomic mass is 35.5. The Kier molecular flexibility index (Phi) is 5.52. The second-order valence-corrected chi connectivity index (χ2v) is 6.23. The van der Waals surface area contributed by atoms with Crippen molar-refractivity contribution in [2.24, 2.45) is 0 Å². The van der Waals surface area contributed by atoms with Crippen molar-refractivity contribution >= 4 is 22.9 Å². The zero-order valence-electron chi connectivity index (χ0n) is 11.6. The van der Waals surface area contributed by atoms with Crippen LogP contribution >= 0.6 is 22.9 Å². The van der Waals surface area contributed by atoms with Crippen molar-refractivity contribution in [3.05, 3.63) is 50.7 Å². The molecule has 2 aromatic rings. The van der Waals surface area contributed by atoms with E-state index in [4.69, 9.17) is 11.6 Å². The number of likely N-dealkylation sites (N-methyl/N-ethyl adjacent to an activating group) is 1. The Hall–Kier alpha value is -0.970. The Balaban J connectivity index is 2.08. The summed E-state index contributed by atoms with van der Waals surface area (Å²) < 4.78 is 13.1. The van der Waals surface area contributed by atoms with Crippen LogP contribution in [0.25, 0.3) is 0 Å². The van der Waals surface area contributed by atoms with Gasteiger partial charge in [-0.1, -0.05) is 24.6 Å². The molecule has 1 unspecified atom stereocenters. The summed E-state index contributed by atoms with van der Waals surface area (Å²) in [6.07, 6.45) is 1.62. The van der Waals surface area contributed by atoms with Gasteiger partial charge in [0.05, 0.1) is 10.7 Å². The maximum atomic E-state index is 13.1. The van der Waals surface area contributed by atoms with Gasteiger partial charge in [0, 0.05) is 22.9 Å². The maximum Gasteiger partial charge on any atom is 0.124 e. The van der Waals surface area contributed by atoms with Crippen molar-refractivity contribution in [1.82, 2.24) is 10.3 Å². The van der Waals surface area contributed by atoms with Crippen LogP contribution in [0.4, 0.5) is 4.39 Å². The lowest BCUT2D eigenvalue weighted by Crippen LogP contribution is -2.33. The van der Waals surface area contributed by atoms with Gasteiger partial charge >= 0.3 is 0 Å². The minimum absolute atomic E-state index is 0.254. The smallest absolute Gasteiger partial charge is 0.124 e. The first kappa shape index (κ1) is 15.4. The molecule has 5 heteroatoms. The molecule has 1 heterocycles. The van der Waals surface area contributed by atoms with Crippen LogP contribution in [0.1, 0.15) is 23.2 Å². The number of nitrogens with one attached hydrogen (secondary N) is 1. The van der Waals surface area contributed by atoms with Gasteiger partial charge in [-0.25, -0.2) is 9.37 Å². The molecule has 0 saturated heterocycles. The monoisotopic (exact) mass is 312 g/mol. The van der Waals surface area contributed by atoms with Crippen molar-refractivity contribution in [3.8, 4) is 0 Å². The zero-order valence-corrected chi connectivity index (χ0v) is 13.2. The second-order valence-electron chi connectivity index (χ2n) is 4.76. The molecular weight excluding hydrogens is 295 g/mol. The molecule has 1 N–H and O–H groups in total. The number of rotatable bonds is 6. The minimum atomic E-state index is -0.297. The first-order valence-electron chi connectivity index (χ1n) is 6.66. The largest absolute Gasteiger partial charge is 0.314 e. The van der Waals surface area contributed by atoms with Crippen molar-refractivity contribution < 1.29 is 4.39 Å². The lowest BCUT2D eigenvalue weighted by molar-refractivity contribution is 0.516. The van der Waals surface area contributed by atoms with Crippen LogP contribution in [-0.4, -0.2) is 17.6 Å². The number of thiazole rings is 1. The summed E-state index contributed by atoms with van der Waals surface area (Å²) in [5.74, 6) is -0.297. The quantitative estimate of drug-likeness (QED) is 0.872. The van der Waals surface area contributed by atoms with Gasteiger partial charge in [-0.2, -0.15) is 0 Å². The van der Waals surface area contributed by atoms with Crippen LogP contribution in [0.3, 0.4) is 0 Å². The molecule has 108 valence electrons. The molecule has 0 bridgehead atoms. The molecule has 2 nitrogen and oxygen atoms in total. The highest BCUT2D eigenvalue weighted by Gasteiger charge is 2.13. The van der Waals surface area contributed by atoms with E-state index >= 15 is 0 Å². The SMILES string of the molecule is CCNC(Cc1csc(C)n1)Cc1ccc(F)cc1Cl. The third kappa shape index (κ3) is 4.27. The predicted octanol–water partition coefficient (Wildman–Crippen LogP) is 4.01. The zero-order chi connectivity index (χ0) is 14.5. The number of aromatic nitrogens is 1. The third-order valence-electron chi connectivity index (χ3n) is 3.10. The number of halogens is 2. The van der Waals surface area contributed by atoms with Crippen molar-refractivity contribution in [3.63, 3.8) is 0 Å². The Morgan fingerprint density at radius 1 is 1.40 bits per heavy atom. The number of hydrogen-bond acceptors (Lipinski definition) is 3. The summed E-state index contributed by atoms with van der Waals surface area (Å²) in [6.45, 7) is 4.96. The van der Waals surface area contributed by atoms with Crippen molar-refractivity contribution in [2.45, 2.75) is 32.7 Å². The van der Waals surface area contributed by atoms with Crippen LogP contribution in [0.5, 0.6) is 0 Å². The topological polar surface area (TPSA) is 24.9 Å². The van der Waals surface area contributed by atoms with Gasteiger partial charge in [0.15, 0.2) is 0 Å². The summed E-state index contributed by atoms with van der Waals surface area (Å²) in [6, 6.07) is 4.84. The van der Waals surface area contributed by atoms with Crippen LogP contribution in [-0.2, 0) is 12.8 Å². The Labute approximate surface area is 128 Å². The van der Waals surface area contributed by atoms with Gasteiger partial charge in [0.25, 0.3) is 0 Å². The van der Waals surface area contributed by atoms with Gasteiger partial charge in [-0.15, -0.1) is 11.3 Å². The molecule has 1 atom stereocenters. The standard InChI is InChI=1S/C15H18ClFN2S/c1-3-18-13(8-14-9-20-10(2)19-14)6-11-4-5-12(17)7-15(11)16/h4-5,7,9,13,18H,3,6,8H2,1-2H3.